The van der Waals surface area contributed by atoms with Gasteiger partial charge in [-0.05, 0) is 80.6 Å². The van der Waals surface area contributed by atoms with Crippen LogP contribution in [0, 0.1) is 35.0 Å². The highest BCUT2D eigenvalue weighted by atomic mass is 16.1. The van der Waals surface area contributed by atoms with E-state index in [2.05, 4.69) is 13.5 Å². The van der Waals surface area contributed by atoms with Crippen molar-refractivity contribution in [3.8, 4) is 0 Å². The molecule has 4 aliphatic carbocycles. The van der Waals surface area contributed by atoms with Gasteiger partial charge in [0.2, 0.25) is 0 Å². The molecule has 0 aromatic carbocycles. The second-order valence-electron chi connectivity index (χ2n) is 8.75. The summed E-state index contributed by atoms with van der Waals surface area (Å²) in [5.74, 6) is 3.46. The predicted molar refractivity (Wildman–Crippen MR) is 90.8 cm³/mol. The third kappa shape index (κ3) is 2.13. The minimum atomic E-state index is 0.0818. The number of carbonyl (C=O) groups is 2. The molecule has 0 bridgehead atoms. The smallest absolute Gasteiger partial charge is 0.155 e. The summed E-state index contributed by atoms with van der Waals surface area (Å²) < 4.78 is 0. The highest BCUT2D eigenvalue weighted by Gasteiger charge is 2.58. The Morgan fingerprint density at radius 1 is 1.22 bits per heavy atom. The van der Waals surface area contributed by atoms with Crippen LogP contribution in [0.25, 0.3) is 0 Å². The molecule has 0 spiro atoms. The van der Waals surface area contributed by atoms with Crippen LogP contribution in [0.3, 0.4) is 0 Å². The van der Waals surface area contributed by atoms with Crippen LogP contribution in [-0.2, 0) is 9.59 Å². The lowest BCUT2D eigenvalue weighted by molar-refractivity contribution is -0.126. The molecule has 3 saturated carbocycles. The zero-order chi connectivity index (χ0) is 16.4. The van der Waals surface area contributed by atoms with Crippen LogP contribution < -0.4 is 0 Å². The molecular weight excluding hydrogens is 284 g/mol. The Hall–Kier alpha value is -1.18. The lowest BCUT2D eigenvalue weighted by Gasteiger charge is -2.53. The molecule has 0 N–H and O–H groups in total. The topological polar surface area (TPSA) is 34.1 Å². The van der Waals surface area contributed by atoms with E-state index in [0.29, 0.717) is 23.4 Å². The maximum Gasteiger partial charge on any atom is 0.155 e. The minimum absolute atomic E-state index is 0.0818. The molecule has 124 valence electrons. The van der Waals surface area contributed by atoms with Gasteiger partial charge in [0, 0.05) is 12.3 Å². The van der Waals surface area contributed by atoms with Gasteiger partial charge in [0.15, 0.2) is 5.78 Å². The van der Waals surface area contributed by atoms with Gasteiger partial charge in [-0.25, -0.2) is 0 Å². The quantitative estimate of drug-likeness (QED) is 0.668. The van der Waals surface area contributed by atoms with Gasteiger partial charge in [-0.1, -0.05) is 24.6 Å². The summed E-state index contributed by atoms with van der Waals surface area (Å²) in [6.07, 6.45) is 9.50. The van der Waals surface area contributed by atoms with E-state index in [1.165, 1.54) is 24.0 Å². The van der Waals surface area contributed by atoms with Gasteiger partial charge < -0.3 is 0 Å². The van der Waals surface area contributed by atoms with E-state index in [1.807, 2.05) is 6.08 Å². The van der Waals surface area contributed by atoms with Gasteiger partial charge in [-0.15, -0.1) is 0 Å². The van der Waals surface area contributed by atoms with Gasteiger partial charge >= 0.3 is 0 Å². The zero-order valence-corrected chi connectivity index (χ0v) is 14.4. The highest BCUT2D eigenvalue weighted by molar-refractivity contribution is 5.91. The summed E-state index contributed by atoms with van der Waals surface area (Å²) in [5.41, 5.74) is 2.76. The average molecular weight is 312 g/mol. The molecule has 0 unspecified atom stereocenters. The van der Waals surface area contributed by atoms with Gasteiger partial charge in [0.05, 0.1) is 0 Å². The van der Waals surface area contributed by atoms with E-state index in [-0.39, 0.29) is 11.3 Å². The van der Waals surface area contributed by atoms with Gasteiger partial charge in [-0.2, -0.15) is 0 Å². The van der Waals surface area contributed by atoms with Crippen molar-refractivity contribution in [2.75, 3.05) is 0 Å². The Bertz CT molecular complexity index is 613. The third-order valence-corrected chi connectivity index (χ3v) is 7.69. The first-order chi connectivity index (χ1) is 10.9. The molecule has 0 heterocycles. The summed E-state index contributed by atoms with van der Waals surface area (Å²) in [4.78, 5) is 24.0. The number of hydrogen-bond donors (Lipinski definition) is 0. The van der Waals surface area contributed by atoms with Crippen LogP contribution in [0.15, 0.2) is 23.8 Å². The molecule has 0 aromatic heterocycles. The lowest BCUT2D eigenvalue weighted by atomic mass is 9.51. The van der Waals surface area contributed by atoms with Crippen LogP contribution in [-0.4, -0.2) is 11.6 Å². The van der Waals surface area contributed by atoms with Crippen molar-refractivity contribution < 1.29 is 9.59 Å². The molecule has 2 nitrogen and oxygen atoms in total. The molecule has 0 saturated heterocycles. The van der Waals surface area contributed by atoms with Crippen molar-refractivity contribution in [2.24, 2.45) is 35.0 Å². The highest BCUT2D eigenvalue weighted by Crippen LogP contribution is 2.64. The van der Waals surface area contributed by atoms with Crippen LogP contribution in [0.5, 0.6) is 0 Å². The van der Waals surface area contributed by atoms with Gasteiger partial charge in [0.1, 0.15) is 5.78 Å². The van der Waals surface area contributed by atoms with E-state index in [4.69, 9.17) is 0 Å². The summed E-state index contributed by atoms with van der Waals surface area (Å²) in [6, 6.07) is 0. The van der Waals surface area contributed by atoms with Crippen LogP contribution in [0.4, 0.5) is 0 Å². The fraction of sp³-hybridized carbons (Fsp3) is 0.714. The molecule has 0 aliphatic heterocycles. The molecular formula is C21H28O2. The minimum Gasteiger partial charge on any atom is -0.299 e. The number of rotatable bonds is 1. The van der Waals surface area contributed by atoms with Crippen LogP contribution in [0.1, 0.15) is 58.8 Å². The van der Waals surface area contributed by atoms with E-state index < -0.39 is 0 Å². The summed E-state index contributed by atoms with van der Waals surface area (Å²) >= 11 is 0. The molecule has 6 atom stereocenters. The molecule has 4 aliphatic rings. The summed E-state index contributed by atoms with van der Waals surface area (Å²) in [6.45, 7) is 8.39. The van der Waals surface area contributed by atoms with Crippen molar-refractivity contribution in [1.82, 2.24) is 0 Å². The fourth-order valence-electron chi connectivity index (χ4n) is 6.89. The Morgan fingerprint density at radius 3 is 2.74 bits per heavy atom. The predicted octanol–water partition coefficient (Wildman–Crippen LogP) is 4.50. The largest absolute Gasteiger partial charge is 0.299 e. The summed E-state index contributed by atoms with van der Waals surface area (Å²) in [7, 11) is 0. The van der Waals surface area contributed by atoms with Crippen molar-refractivity contribution in [3.05, 3.63) is 23.8 Å². The zero-order valence-electron chi connectivity index (χ0n) is 14.4. The molecule has 3 fully saturated rings. The second kappa shape index (κ2) is 5.16. The lowest BCUT2D eigenvalue weighted by Crippen LogP contribution is -2.47. The maximum atomic E-state index is 12.2. The average Bonchev–Trinajstić information content (AvgIpc) is 2.77. The number of ketones is 2. The van der Waals surface area contributed by atoms with E-state index in [9.17, 15) is 9.59 Å². The Labute approximate surface area is 139 Å². The number of hydrogen-bond acceptors (Lipinski definition) is 2. The third-order valence-electron chi connectivity index (χ3n) is 7.69. The van der Waals surface area contributed by atoms with Gasteiger partial charge in [-0.3, -0.25) is 9.59 Å². The number of Topliss-reactive ketones (excluding diaryl/α,β-unsaturated/α-hetero) is 1. The molecule has 0 amide bonds. The Kier molecular flexibility index (Phi) is 3.44. The van der Waals surface area contributed by atoms with E-state index in [1.54, 1.807) is 6.92 Å². The first-order valence-corrected chi connectivity index (χ1v) is 9.33. The molecule has 0 aromatic rings. The van der Waals surface area contributed by atoms with Gasteiger partial charge in [0.25, 0.3) is 0 Å². The monoisotopic (exact) mass is 312 g/mol. The normalized spacial score (nSPS) is 45.8. The van der Waals surface area contributed by atoms with Crippen LogP contribution in [0.2, 0.25) is 0 Å². The van der Waals surface area contributed by atoms with Crippen molar-refractivity contribution in [3.63, 3.8) is 0 Å². The SMILES string of the molecule is C=C1C[C@H]2[C@@H]3CCC4=CC(=O)CC[C@H]4[C@H]3CC[C@]2(C)[C@H]1C(C)=O. The van der Waals surface area contributed by atoms with Crippen molar-refractivity contribution in [2.45, 2.75) is 58.8 Å². The number of fused-ring (bicyclic) bond motifs is 5. The first kappa shape index (κ1) is 15.4. The van der Waals surface area contributed by atoms with E-state index >= 15 is 0 Å². The number of carbonyl (C=O) groups excluding carboxylic acids is 2. The maximum absolute atomic E-state index is 12.2. The van der Waals surface area contributed by atoms with E-state index in [0.717, 1.165) is 43.9 Å². The van der Waals surface area contributed by atoms with Crippen LogP contribution >= 0.6 is 0 Å². The summed E-state index contributed by atoms with van der Waals surface area (Å²) in [5, 5.41) is 0. The molecule has 2 heteroatoms. The Morgan fingerprint density at radius 2 is 2.00 bits per heavy atom. The molecule has 4 rings (SSSR count). The van der Waals surface area contributed by atoms with Crippen molar-refractivity contribution >= 4 is 11.6 Å². The van der Waals surface area contributed by atoms with Crippen molar-refractivity contribution in [1.29, 1.82) is 0 Å². The number of allylic oxidation sites excluding steroid dienone is 2. The molecule has 23 heavy (non-hydrogen) atoms. The second-order valence-corrected chi connectivity index (χ2v) is 8.75. The standard InChI is InChI=1S/C21H28O2/c1-12-10-19-18-6-4-14-11-15(23)5-7-16(14)17(18)8-9-21(19,3)20(12)13(2)22/h11,16-20H,1,4-10H2,2-3H3/t16-,17-,18-,19+,20-,21+/m1/s1. The fourth-order valence-corrected chi connectivity index (χ4v) is 6.89. The Balaban J connectivity index is 1.65. The first-order valence-electron chi connectivity index (χ1n) is 9.33. The molecule has 0 radical (unpaired) electrons.